The molecular weight excluding hydrogens is 256 g/mol. The highest BCUT2D eigenvalue weighted by Gasteiger charge is 2.39. The molecule has 0 aliphatic rings. The van der Waals surface area contributed by atoms with Crippen LogP contribution in [0.25, 0.3) is 0 Å². The van der Waals surface area contributed by atoms with Crippen LogP contribution in [0.15, 0.2) is 24.8 Å². The van der Waals surface area contributed by atoms with E-state index >= 15 is 0 Å². The van der Waals surface area contributed by atoms with E-state index in [2.05, 4.69) is 40.4 Å². The van der Waals surface area contributed by atoms with Crippen LogP contribution in [0.3, 0.4) is 0 Å². The monoisotopic (exact) mass is 286 g/mol. The predicted octanol–water partition coefficient (Wildman–Crippen LogP) is 3.25. The molecule has 0 heterocycles. The quantitative estimate of drug-likeness (QED) is 0.532. The van der Waals surface area contributed by atoms with Crippen LogP contribution in [-0.2, 0) is 4.43 Å². The number of rotatable bonds is 8. The third kappa shape index (κ3) is 6.52. The minimum atomic E-state index is -1.90. The Morgan fingerprint density at radius 2 is 1.84 bits per heavy atom. The maximum Gasteiger partial charge on any atom is 0.193 e. The Morgan fingerprint density at radius 3 is 2.26 bits per heavy atom. The van der Waals surface area contributed by atoms with Gasteiger partial charge < -0.3 is 14.6 Å². The molecule has 4 heteroatoms. The highest BCUT2D eigenvalue weighted by atomic mass is 28.4. The zero-order valence-electron chi connectivity index (χ0n) is 13.0. The van der Waals surface area contributed by atoms with Gasteiger partial charge >= 0.3 is 0 Å². The average Bonchev–Trinajstić information content (AvgIpc) is 2.30. The van der Waals surface area contributed by atoms with E-state index in [9.17, 15) is 5.11 Å². The van der Waals surface area contributed by atoms with Gasteiger partial charge in [0.1, 0.15) is 0 Å². The molecule has 0 saturated heterocycles. The van der Waals surface area contributed by atoms with Gasteiger partial charge in [-0.15, -0.1) is 6.58 Å². The van der Waals surface area contributed by atoms with E-state index < -0.39 is 14.4 Å². The molecule has 0 aliphatic heterocycles. The first-order valence-electron chi connectivity index (χ1n) is 6.90. The van der Waals surface area contributed by atoms with Gasteiger partial charge in [0, 0.05) is 0 Å². The minimum Gasteiger partial charge on any atom is -0.408 e. The molecule has 0 radical (unpaired) electrons. The van der Waals surface area contributed by atoms with Crippen LogP contribution in [0.2, 0.25) is 18.1 Å². The molecule has 0 rings (SSSR count). The van der Waals surface area contributed by atoms with E-state index in [1.807, 2.05) is 6.08 Å². The van der Waals surface area contributed by atoms with Crippen LogP contribution >= 0.6 is 0 Å². The number of allylic oxidation sites excluding steroid dienone is 1. The largest absolute Gasteiger partial charge is 0.408 e. The summed E-state index contributed by atoms with van der Waals surface area (Å²) in [5.74, 6) is 0. The smallest absolute Gasteiger partial charge is 0.193 e. The van der Waals surface area contributed by atoms with Gasteiger partial charge in [0.2, 0.25) is 0 Å². The average molecular weight is 286 g/mol. The Bertz CT molecular complexity index is 292. The summed E-state index contributed by atoms with van der Waals surface area (Å²) in [4.78, 5) is 0. The fraction of sp³-hybridized carbons (Fsp3) is 0.733. The van der Waals surface area contributed by atoms with Gasteiger partial charge in [-0.25, -0.2) is 0 Å². The summed E-state index contributed by atoms with van der Waals surface area (Å²) in [6.45, 7) is 14.7. The molecule has 2 N–H and O–H groups in total. The molecule has 0 bridgehead atoms. The van der Waals surface area contributed by atoms with E-state index in [1.165, 1.54) is 0 Å². The highest BCUT2D eigenvalue weighted by molar-refractivity contribution is 6.74. The van der Waals surface area contributed by atoms with Gasteiger partial charge in [-0.2, -0.15) is 0 Å². The first-order chi connectivity index (χ1) is 8.65. The Labute approximate surface area is 119 Å². The molecule has 0 aromatic carbocycles. The molecule has 2 atom stereocenters. The van der Waals surface area contributed by atoms with Crippen LogP contribution in [0.5, 0.6) is 0 Å². The van der Waals surface area contributed by atoms with E-state index in [0.717, 1.165) is 6.42 Å². The van der Waals surface area contributed by atoms with Gasteiger partial charge in [-0.3, -0.25) is 0 Å². The van der Waals surface area contributed by atoms with E-state index in [1.54, 1.807) is 12.2 Å². The second-order valence-corrected chi connectivity index (χ2v) is 11.1. The fourth-order valence-electron chi connectivity index (χ4n) is 1.42. The number of aliphatic hydroxyl groups excluding tert-OH is 2. The van der Waals surface area contributed by atoms with Crippen molar-refractivity contribution in [3.63, 3.8) is 0 Å². The lowest BCUT2D eigenvalue weighted by atomic mass is 10.1. The first-order valence-corrected chi connectivity index (χ1v) is 9.81. The second kappa shape index (κ2) is 8.00. The zero-order valence-corrected chi connectivity index (χ0v) is 14.0. The normalized spacial score (nSPS) is 16.6. The van der Waals surface area contributed by atoms with Crippen LogP contribution in [0.4, 0.5) is 0 Å². The van der Waals surface area contributed by atoms with Gasteiger partial charge in [-0.05, 0) is 31.0 Å². The van der Waals surface area contributed by atoms with Crippen LogP contribution in [-0.4, -0.2) is 37.3 Å². The van der Waals surface area contributed by atoms with Crippen LogP contribution in [0, 0.1) is 0 Å². The topological polar surface area (TPSA) is 49.7 Å². The number of hydrogen-bond donors (Lipinski definition) is 2. The Hall–Kier alpha value is -0.423. The van der Waals surface area contributed by atoms with Crippen molar-refractivity contribution in [1.82, 2.24) is 0 Å². The Morgan fingerprint density at radius 1 is 1.26 bits per heavy atom. The van der Waals surface area contributed by atoms with Gasteiger partial charge in [0.25, 0.3) is 0 Å². The Kier molecular flexibility index (Phi) is 7.82. The summed E-state index contributed by atoms with van der Waals surface area (Å²) >= 11 is 0. The van der Waals surface area contributed by atoms with Crippen LogP contribution < -0.4 is 0 Å². The van der Waals surface area contributed by atoms with Crippen molar-refractivity contribution in [2.45, 2.75) is 64.0 Å². The molecule has 0 saturated carbocycles. The molecular formula is C15H30O3Si. The first kappa shape index (κ1) is 18.6. The lowest BCUT2D eigenvalue weighted by Gasteiger charge is -2.39. The lowest BCUT2D eigenvalue weighted by Crippen LogP contribution is -2.46. The van der Waals surface area contributed by atoms with E-state index in [-0.39, 0.29) is 17.7 Å². The van der Waals surface area contributed by atoms with Crippen molar-refractivity contribution < 1.29 is 14.6 Å². The molecule has 3 nitrogen and oxygen atoms in total. The van der Waals surface area contributed by atoms with E-state index in [4.69, 9.17) is 9.53 Å². The van der Waals surface area contributed by atoms with Gasteiger partial charge in [0.15, 0.2) is 8.32 Å². The molecule has 0 aromatic heterocycles. The molecule has 0 fully saturated rings. The molecule has 0 aliphatic carbocycles. The summed E-state index contributed by atoms with van der Waals surface area (Å²) in [5.41, 5.74) is 0. The van der Waals surface area contributed by atoms with Crippen molar-refractivity contribution in [2.24, 2.45) is 0 Å². The fourth-order valence-corrected chi connectivity index (χ4v) is 2.71. The molecule has 19 heavy (non-hydrogen) atoms. The summed E-state index contributed by atoms with van der Waals surface area (Å²) in [6, 6.07) is 0. The maximum absolute atomic E-state index is 10.2. The third-order valence-electron chi connectivity index (χ3n) is 3.75. The number of hydrogen-bond acceptors (Lipinski definition) is 3. The van der Waals surface area contributed by atoms with Crippen LogP contribution in [0.1, 0.15) is 33.6 Å². The third-order valence-corrected chi connectivity index (χ3v) is 8.22. The summed E-state index contributed by atoms with van der Waals surface area (Å²) in [7, 11) is -1.90. The standard InChI is InChI=1S/C15H30O3Si/c1-7-14(13(17)11-9-8-10-12-16)18-19(5,6)15(2,3)4/h7-8,10,13-14,16-17H,1,9,11-12H2,2-6H3/b10-8+/t13-,14-/m0/s1. The highest BCUT2D eigenvalue weighted by Crippen LogP contribution is 2.37. The molecule has 0 spiro atoms. The summed E-state index contributed by atoms with van der Waals surface area (Å²) < 4.78 is 6.17. The minimum absolute atomic E-state index is 0.0431. The van der Waals surface area contributed by atoms with Crippen molar-refractivity contribution in [3.05, 3.63) is 24.8 Å². The second-order valence-electron chi connectivity index (χ2n) is 6.38. The molecule has 0 amide bonds. The SMILES string of the molecule is C=C[C@H](O[Si](C)(C)C(C)(C)C)[C@@H](O)CC/C=C/CO. The van der Waals surface area contributed by atoms with E-state index in [0.29, 0.717) is 6.42 Å². The predicted molar refractivity (Wildman–Crippen MR) is 83.7 cm³/mol. The molecule has 0 aromatic rings. The van der Waals surface area contributed by atoms with Crippen molar-refractivity contribution >= 4 is 8.32 Å². The summed E-state index contributed by atoms with van der Waals surface area (Å²) in [6.07, 6.45) is 5.73. The molecule has 0 unspecified atom stereocenters. The van der Waals surface area contributed by atoms with Crippen molar-refractivity contribution in [2.75, 3.05) is 6.61 Å². The summed E-state index contributed by atoms with van der Waals surface area (Å²) in [5, 5.41) is 18.9. The number of aliphatic hydroxyl groups is 2. The Balaban J connectivity index is 4.49. The maximum atomic E-state index is 10.2. The van der Waals surface area contributed by atoms with Crippen molar-refractivity contribution in [3.8, 4) is 0 Å². The lowest BCUT2D eigenvalue weighted by molar-refractivity contribution is 0.0506. The molecule has 112 valence electrons. The zero-order chi connectivity index (χ0) is 15.1. The van der Waals surface area contributed by atoms with Gasteiger partial charge in [-0.1, -0.05) is 39.0 Å². The van der Waals surface area contributed by atoms with Gasteiger partial charge in [0.05, 0.1) is 18.8 Å². The van der Waals surface area contributed by atoms with Crippen molar-refractivity contribution in [1.29, 1.82) is 0 Å².